The molecule has 3 aliphatic rings. The van der Waals surface area contributed by atoms with Crippen molar-refractivity contribution < 1.29 is 77.0 Å². The lowest BCUT2D eigenvalue weighted by Crippen LogP contribution is -2.60. The van der Waals surface area contributed by atoms with Crippen LogP contribution >= 0.6 is 11.3 Å². The number of hydrogen-bond donors (Lipinski definition) is 9. The van der Waals surface area contributed by atoms with Crippen molar-refractivity contribution in [1.29, 1.82) is 0 Å². The van der Waals surface area contributed by atoms with E-state index in [4.69, 9.17) is 0 Å². The Hall–Kier alpha value is -9.00. The number of amides is 13. The van der Waals surface area contributed by atoms with Gasteiger partial charge in [-0.25, -0.2) is 0 Å². The van der Waals surface area contributed by atoms with Crippen LogP contribution in [0.4, 0.5) is 0 Å². The van der Waals surface area contributed by atoms with Crippen LogP contribution in [0.25, 0.3) is 10.1 Å². The maximum absolute atomic E-state index is 15.1. The Morgan fingerprint density at radius 1 is 0.615 bits per heavy atom. The molecule has 9 N–H and O–H groups in total. The zero-order valence-corrected chi connectivity index (χ0v) is 62.6. The van der Waals surface area contributed by atoms with Gasteiger partial charge in [-0.15, -0.1) is 11.3 Å². The SMILES string of the molecule is CC=N/C=C(\C)C[C@H](NC(=O)C1CCCN1C(=O)[C@H](CC=O)NC(=O)C1CCCCN1C=O)C(=O)NC(CCC)C(=O)N1CCCC1C(=O)NCC(=O)NC(CO)C(=O)NC(Cc1csc2ccccc12)C(=O)N(C)[C@@H](CCCC)C(=O)N(C)[C@@H](CCCC)C(=O)NC(CCC=O)C(=O)NC(C)CC. The number of aldehydes is 2. The number of nitrogens with one attached hydrogen (secondary N) is 8. The quantitative estimate of drug-likeness (QED) is 0.0339. The van der Waals surface area contributed by atoms with Gasteiger partial charge in [0, 0.05) is 76.1 Å². The number of likely N-dealkylation sites (N-methyl/N-ethyl adjacent to an activating group) is 2. The Labute approximate surface area is 613 Å². The third kappa shape index (κ3) is 24.6. The summed E-state index contributed by atoms with van der Waals surface area (Å²) in [5, 5.41) is 34.8. The Balaban J connectivity index is 1.29. The summed E-state index contributed by atoms with van der Waals surface area (Å²) in [6.45, 7) is 11.6. The number of benzene rings is 1. The molecule has 3 aliphatic heterocycles. The van der Waals surface area contributed by atoms with Gasteiger partial charge in [0.15, 0.2) is 0 Å². The van der Waals surface area contributed by atoms with Crippen LogP contribution in [0.15, 0.2) is 46.4 Å². The average Bonchev–Trinajstić information content (AvgIpc) is 1.52. The first-order valence-electron chi connectivity index (χ1n) is 36.7. The van der Waals surface area contributed by atoms with E-state index < -0.39 is 157 Å². The van der Waals surface area contributed by atoms with Crippen LogP contribution in [-0.4, -0.2) is 245 Å². The lowest BCUT2D eigenvalue weighted by Gasteiger charge is -2.36. The average molecular weight is 1470 g/mol. The highest BCUT2D eigenvalue weighted by Crippen LogP contribution is 2.29. The van der Waals surface area contributed by atoms with Gasteiger partial charge in [-0.1, -0.05) is 83.6 Å². The fraction of sp³-hybridized carbons (Fsp3) is 0.644. The number of thiophene rings is 1. The van der Waals surface area contributed by atoms with Gasteiger partial charge in [-0.3, -0.25) is 67.3 Å². The lowest BCUT2D eigenvalue weighted by molar-refractivity contribution is -0.149. The van der Waals surface area contributed by atoms with Crippen LogP contribution in [0.1, 0.15) is 182 Å². The van der Waals surface area contributed by atoms with Crippen molar-refractivity contribution in [2.24, 2.45) is 4.99 Å². The van der Waals surface area contributed by atoms with Crippen LogP contribution in [0.3, 0.4) is 0 Å². The first-order chi connectivity index (χ1) is 49.9. The molecule has 13 amide bonds. The minimum Gasteiger partial charge on any atom is -0.394 e. The summed E-state index contributed by atoms with van der Waals surface area (Å²) in [5.41, 5.74) is 1.24. The molecule has 3 fully saturated rings. The highest BCUT2D eigenvalue weighted by Gasteiger charge is 2.44. The highest BCUT2D eigenvalue weighted by atomic mass is 32.1. The van der Waals surface area contributed by atoms with E-state index in [-0.39, 0.29) is 76.9 Å². The number of likely N-dealkylation sites (tertiary alicyclic amines) is 3. The van der Waals surface area contributed by atoms with Gasteiger partial charge in [0.05, 0.1) is 13.2 Å². The number of piperidine rings is 1. The van der Waals surface area contributed by atoms with E-state index in [2.05, 4.69) is 47.5 Å². The molecule has 3 saturated heterocycles. The molecule has 4 heterocycles. The smallest absolute Gasteiger partial charge is 0.246 e. The number of rotatable bonds is 43. The number of hydrogen-bond acceptors (Lipinski definition) is 18. The van der Waals surface area contributed by atoms with Crippen molar-refractivity contribution in [3.63, 3.8) is 0 Å². The van der Waals surface area contributed by atoms with Gasteiger partial charge in [0.1, 0.15) is 79.0 Å². The number of nitrogens with zero attached hydrogens (tertiary/aromatic N) is 6. The van der Waals surface area contributed by atoms with Crippen LogP contribution in [0, 0.1) is 0 Å². The van der Waals surface area contributed by atoms with Gasteiger partial charge < -0.3 is 81.7 Å². The van der Waals surface area contributed by atoms with E-state index in [9.17, 15) is 72.2 Å². The predicted molar refractivity (Wildman–Crippen MR) is 391 cm³/mol. The largest absolute Gasteiger partial charge is 0.394 e. The number of aliphatic hydroxyl groups is 1. The van der Waals surface area contributed by atoms with Crippen molar-refractivity contribution in [1.82, 2.24) is 67.0 Å². The third-order valence-electron chi connectivity index (χ3n) is 19.3. The summed E-state index contributed by atoms with van der Waals surface area (Å²) in [5.74, 6) is -8.41. The molecular weight excluding hydrogens is 1360 g/mol. The molecule has 1 aromatic carbocycles. The number of aliphatic imine (C=N–C) groups is 1. The van der Waals surface area contributed by atoms with Gasteiger partial charge in [0.2, 0.25) is 77.3 Å². The molecule has 12 atom stereocenters. The molecular formula is C73H110N14O16S. The molecule has 0 radical (unpaired) electrons. The van der Waals surface area contributed by atoms with Crippen molar-refractivity contribution in [3.05, 3.63) is 47.0 Å². The Morgan fingerprint density at radius 3 is 1.83 bits per heavy atom. The van der Waals surface area contributed by atoms with E-state index in [0.29, 0.717) is 107 Å². The normalized spacial score (nSPS) is 18.6. The Kier molecular flexibility index (Phi) is 36.2. The predicted octanol–water partition coefficient (Wildman–Crippen LogP) is 2.16. The second-order valence-corrected chi connectivity index (χ2v) is 28.0. The third-order valence-corrected chi connectivity index (χ3v) is 20.4. The maximum atomic E-state index is 15.1. The monoisotopic (exact) mass is 1470 g/mol. The summed E-state index contributed by atoms with van der Waals surface area (Å²) < 4.78 is 0.890. The molecule has 2 aromatic rings. The molecule has 574 valence electrons. The molecule has 5 rings (SSSR count). The molecule has 0 bridgehead atoms. The van der Waals surface area contributed by atoms with Gasteiger partial charge in [-0.2, -0.15) is 0 Å². The summed E-state index contributed by atoms with van der Waals surface area (Å²) in [6, 6.07) is -6.14. The maximum Gasteiger partial charge on any atom is 0.246 e. The van der Waals surface area contributed by atoms with E-state index in [1.165, 1.54) is 62.3 Å². The highest BCUT2D eigenvalue weighted by molar-refractivity contribution is 7.17. The molecule has 1 aromatic heterocycles. The van der Waals surface area contributed by atoms with Crippen LogP contribution in [-0.2, 0) is 78.3 Å². The number of aliphatic hydroxyl groups excluding tert-OH is 1. The van der Waals surface area contributed by atoms with Crippen molar-refractivity contribution in [3.8, 4) is 0 Å². The molecule has 0 spiro atoms. The summed E-state index contributed by atoms with van der Waals surface area (Å²) in [4.78, 5) is 216. The minimum atomic E-state index is -1.68. The number of unbranched alkanes of at least 4 members (excludes halogenated alkanes) is 2. The standard InChI is InChI=1S/C73H110N14O16S/c1-10-15-27-56(67(97)78-50(26-23-37-88)63(93)76-47(7)13-4)83(8)73(103)60(28-16-11-2)84(9)70(100)54(40-48-44-104-61-32-18-17-25-49(48)61)82-65(95)55(43-90)77-62(92)42-75-66(96)58-30-21-35-86(58)71(101)51(24-12-3)79-64(94)53(39-46(6)41-74-14-5)81-69(99)59-31-22-36-87(59)72(102)52(33-38-89)80-68(98)57-29-19-20-34-85(57)45-91/h14,17-18,25,32,37-38,41,44-45,47,50-60,90H,10-13,15-16,19-24,26-31,33-36,39-40,42-43H2,1-9H3,(H,75,96)(H,76,93)(H,77,92)(H,78,97)(H,79,94)(H,80,98)(H,81,99)(H,82,95)/b46-41+,74-14?/t47?,50?,51?,52-,53-,54?,55?,56-,57?,58?,59?,60-/m0/s1. The first kappa shape index (κ1) is 85.6. The summed E-state index contributed by atoms with van der Waals surface area (Å²) in [6.07, 6.45) is 10.8. The zero-order valence-electron chi connectivity index (χ0n) is 61.7. The number of carbonyl (C=O) groups is 15. The van der Waals surface area contributed by atoms with Crippen molar-refractivity contribution in [2.75, 3.05) is 46.9 Å². The Morgan fingerprint density at radius 2 is 1.20 bits per heavy atom. The van der Waals surface area contributed by atoms with Crippen molar-refractivity contribution in [2.45, 2.75) is 256 Å². The van der Waals surface area contributed by atoms with E-state index in [0.717, 1.165) is 10.1 Å². The van der Waals surface area contributed by atoms with Crippen LogP contribution in [0.2, 0.25) is 0 Å². The van der Waals surface area contributed by atoms with E-state index in [1.54, 1.807) is 20.8 Å². The second-order valence-electron chi connectivity index (χ2n) is 27.1. The van der Waals surface area contributed by atoms with Crippen LogP contribution < -0.4 is 42.5 Å². The van der Waals surface area contributed by atoms with E-state index >= 15 is 4.79 Å². The lowest BCUT2D eigenvalue weighted by atomic mass is 10.00. The molecule has 8 unspecified atom stereocenters. The fourth-order valence-corrected chi connectivity index (χ4v) is 14.2. The number of fused-ring (bicyclic) bond motifs is 1. The first-order valence-corrected chi connectivity index (χ1v) is 37.6. The number of carbonyl (C=O) groups excluding carboxylic acids is 15. The molecule has 0 saturated carbocycles. The van der Waals surface area contributed by atoms with E-state index in [1.807, 2.05) is 57.3 Å². The van der Waals surface area contributed by atoms with Crippen molar-refractivity contribution >= 4 is 118 Å². The Bertz CT molecular complexity index is 3360. The fourth-order valence-electron chi connectivity index (χ4n) is 13.2. The minimum absolute atomic E-state index is 0.00753. The van der Waals surface area contributed by atoms with Gasteiger partial charge >= 0.3 is 0 Å². The van der Waals surface area contributed by atoms with Crippen LogP contribution in [0.5, 0.6) is 0 Å². The molecule has 30 nitrogen and oxygen atoms in total. The summed E-state index contributed by atoms with van der Waals surface area (Å²) in [7, 11) is 2.88. The molecule has 31 heteroatoms. The molecule has 104 heavy (non-hydrogen) atoms. The van der Waals surface area contributed by atoms with Gasteiger partial charge in [-0.05, 0) is 127 Å². The zero-order chi connectivity index (χ0) is 76.6. The topological polar surface area (TPSA) is 401 Å². The second kappa shape index (κ2) is 44.0. The van der Waals surface area contributed by atoms with Gasteiger partial charge in [0.25, 0.3) is 0 Å². The molecule has 0 aliphatic carbocycles. The summed E-state index contributed by atoms with van der Waals surface area (Å²) >= 11 is 1.41.